The van der Waals surface area contributed by atoms with Crippen LogP contribution < -0.4 is 23.0 Å². The Labute approximate surface area is 139 Å². The molecule has 2 rings (SSSR count). The first-order chi connectivity index (χ1) is 9.65. The zero-order valence-corrected chi connectivity index (χ0v) is 14.0. The first-order valence-electron chi connectivity index (χ1n) is 6.46. The number of rotatable bonds is 5. The first kappa shape index (κ1) is 17.7. The maximum absolute atomic E-state index is 11.8. The van der Waals surface area contributed by atoms with Gasteiger partial charge in [-0.3, -0.25) is 4.79 Å². The van der Waals surface area contributed by atoms with Crippen molar-refractivity contribution >= 4 is 27.5 Å². The van der Waals surface area contributed by atoms with Crippen molar-refractivity contribution in [3.05, 3.63) is 64.1 Å². The highest BCUT2D eigenvalue weighted by molar-refractivity contribution is 9.10. The molecule has 0 saturated heterocycles. The van der Waals surface area contributed by atoms with E-state index in [1.165, 1.54) is 5.56 Å². The van der Waals surface area contributed by atoms with E-state index in [2.05, 4.69) is 26.6 Å². The fourth-order valence-electron chi connectivity index (χ4n) is 1.79. The van der Waals surface area contributed by atoms with E-state index in [9.17, 15) is 4.79 Å². The summed E-state index contributed by atoms with van der Waals surface area (Å²) in [6.45, 7) is 2.99. The number of nitrogens with one attached hydrogen (secondary N) is 2. The van der Waals surface area contributed by atoms with Gasteiger partial charge in [0, 0.05) is 16.7 Å². The summed E-state index contributed by atoms with van der Waals surface area (Å²) >= 11 is 3.45. The van der Waals surface area contributed by atoms with Crippen molar-refractivity contribution in [1.29, 1.82) is 0 Å². The standard InChI is InChI=1S/C16H17BrN2O.ClH/c1-12-7-8-14(9-15(12)17)19-16(20)11-18-10-13-5-3-2-4-6-13;/h2-9,18H,10-11H2,1H3,(H,19,20);1H/p-1. The molecule has 0 aliphatic rings. The monoisotopic (exact) mass is 367 g/mol. The second-order valence-electron chi connectivity index (χ2n) is 4.60. The molecule has 0 aliphatic carbocycles. The molecule has 3 nitrogen and oxygen atoms in total. The average molecular weight is 369 g/mol. The summed E-state index contributed by atoms with van der Waals surface area (Å²) in [5.41, 5.74) is 3.11. The molecule has 0 aliphatic heterocycles. The van der Waals surface area contributed by atoms with Gasteiger partial charge in [-0.05, 0) is 30.2 Å². The Hall–Kier alpha value is -1.36. The molecule has 0 fully saturated rings. The van der Waals surface area contributed by atoms with E-state index < -0.39 is 0 Å². The van der Waals surface area contributed by atoms with E-state index in [0.29, 0.717) is 13.1 Å². The molecule has 0 heterocycles. The number of amides is 1. The van der Waals surface area contributed by atoms with Crippen molar-refractivity contribution in [3.8, 4) is 0 Å². The zero-order chi connectivity index (χ0) is 14.4. The van der Waals surface area contributed by atoms with Gasteiger partial charge in [0.15, 0.2) is 0 Å². The average Bonchev–Trinajstić information content (AvgIpc) is 2.44. The molecular weight excluding hydrogens is 352 g/mol. The molecule has 0 atom stereocenters. The maximum Gasteiger partial charge on any atom is 0.238 e. The molecule has 2 N–H and O–H groups in total. The Morgan fingerprint density at radius 1 is 1.14 bits per heavy atom. The van der Waals surface area contributed by atoms with Crippen LogP contribution in [0.15, 0.2) is 53.0 Å². The topological polar surface area (TPSA) is 41.1 Å². The number of carbonyl (C=O) groups excluding carboxylic acids is 1. The van der Waals surface area contributed by atoms with Crippen molar-refractivity contribution in [3.63, 3.8) is 0 Å². The van der Waals surface area contributed by atoms with Gasteiger partial charge in [0.25, 0.3) is 0 Å². The van der Waals surface area contributed by atoms with Crippen LogP contribution in [0.25, 0.3) is 0 Å². The minimum absolute atomic E-state index is 0. The van der Waals surface area contributed by atoms with Crippen LogP contribution in [0.1, 0.15) is 11.1 Å². The van der Waals surface area contributed by atoms with Crippen molar-refractivity contribution in [2.75, 3.05) is 11.9 Å². The predicted molar refractivity (Wildman–Crippen MR) is 85.7 cm³/mol. The number of halogens is 2. The lowest BCUT2D eigenvalue weighted by Crippen LogP contribution is -3.00. The van der Waals surface area contributed by atoms with Crippen molar-refractivity contribution < 1.29 is 17.2 Å². The normalized spacial score (nSPS) is 9.81. The quantitative estimate of drug-likeness (QED) is 0.806. The van der Waals surface area contributed by atoms with E-state index in [-0.39, 0.29) is 18.3 Å². The first-order valence-corrected chi connectivity index (χ1v) is 7.25. The number of aryl methyl sites for hydroxylation is 1. The van der Waals surface area contributed by atoms with Crippen LogP contribution in [0, 0.1) is 6.92 Å². The summed E-state index contributed by atoms with van der Waals surface area (Å²) < 4.78 is 0.993. The molecule has 2 aromatic carbocycles. The van der Waals surface area contributed by atoms with Gasteiger partial charge in [0.2, 0.25) is 5.91 Å². The summed E-state index contributed by atoms with van der Waals surface area (Å²) in [7, 11) is 0. The molecule has 21 heavy (non-hydrogen) atoms. The molecule has 1 amide bonds. The van der Waals surface area contributed by atoms with Crippen LogP contribution in [0.5, 0.6) is 0 Å². The Bertz CT molecular complexity index is 590. The summed E-state index contributed by atoms with van der Waals surface area (Å²) in [6, 6.07) is 15.8. The van der Waals surface area contributed by atoms with Crippen molar-refractivity contribution in [2.24, 2.45) is 0 Å². The van der Waals surface area contributed by atoms with E-state index in [0.717, 1.165) is 15.7 Å². The highest BCUT2D eigenvalue weighted by Crippen LogP contribution is 2.20. The summed E-state index contributed by atoms with van der Waals surface area (Å²) in [6.07, 6.45) is 0. The third-order valence-electron chi connectivity index (χ3n) is 2.91. The SMILES string of the molecule is Cc1ccc(NC(=O)CNCc2ccccc2)cc1Br.[Cl-]. The number of carbonyl (C=O) groups is 1. The number of hydrogen-bond acceptors (Lipinski definition) is 2. The molecule has 0 radical (unpaired) electrons. The van der Waals surface area contributed by atoms with Crippen LogP contribution in [-0.4, -0.2) is 12.5 Å². The van der Waals surface area contributed by atoms with Gasteiger partial charge in [-0.25, -0.2) is 0 Å². The highest BCUT2D eigenvalue weighted by atomic mass is 79.9. The lowest BCUT2D eigenvalue weighted by molar-refractivity contribution is -0.115. The van der Waals surface area contributed by atoms with Crippen molar-refractivity contribution in [2.45, 2.75) is 13.5 Å². The lowest BCUT2D eigenvalue weighted by atomic mass is 10.2. The van der Waals surface area contributed by atoms with Crippen LogP contribution in [-0.2, 0) is 11.3 Å². The van der Waals surface area contributed by atoms with E-state index in [1.807, 2.05) is 55.5 Å². The summed E-state index contributed by atoms with van der Waals surface area (Å²) in [5, 5.41) is 5.99. The number of anilines is 1. The smallest absolute Gasteiger partial charge is 0.238 e. The highest BCUT2D eigenvalue weighted by Gasteiger charge is 2.03. The summed E-state index contributed by atoms with van der Waals surface area (Å²) in [4.78, 5) is 11.8. The predicted octanol–water partition coefficient (Wildman–Crippen LogP) is 0.490. The zero-order valence-electron chi connectivity index (χ0n) is 11.7. The molecule has 0 aromatic heterocycles. The summed E-state index contributed by atoms with van der Waals surface area (Å²) in [5.74, 6) is -0.0447. The fourth-order valence-corrected chi connectivity index (χ4v) is 2.17. The molecule has 5 heteroatoms. The lowest BCUT2D eigenvalue weighted by Gasteiger charge is -2.08. The van der Waals surface area contributed by atoms with Crippen LogP contribution >= 0.6 is 15.9 Å². The largest absolute Gasteiger partial charge is 1.00 e. The van der Waals surface area contributed by atoms with Gasteiger partial charge in [0.1, 0.15) is 0 Å². The second-order valence-corrected chi connectivity index (χ2v) is 5.46. The molecule has 0 spiro atoms. The third kappa shape index (κ3) is 5.87. The van der Waals surface area contributed by atoms with Crippen LogP contribution in [0.4, 0.5) is 5.69 Å². The van der Waals surface area contributed by atoms with Gasteiger partial charge in [0.05, 0.1) is 6.54 Å². The Balaban J connectivity index is 0.00000220. The number of hydrogen-bond donors (Lipinski definition) is 2. The fraction of sp³-hybridized carbons (Fsp3) is 0.188. The Morgan fingerprint density at radius 3 is 2.52 bits per heavy atom. The van der Waals surface area contributed by atoms with Gasteiger partial charge in [-0.1, -0.05) is 52.3 Å². The molecule has 0 bridgehead atoms. The minimum atomic E-state index is -0.0447. The second kappa shape index (κ2) is 8.82. The van der Waals surface area contributed by atoms with E-state index >= 15 is 0 Å². The van der Waals surface area contributed by atoms with Gasteiger partial charge < -0.3 is 23.0 Å². The molecular formula is C16H17BrClN2O-. The molecule has 0 saturated carbocycles. The number of benzene rings is 2. The third-order valence-corrected chi connectivity index (χ3v) is 3.77. The van der Waals surface area contributed by atoms with E-state index in [1.54, 1.807) is 0 Å². The van der Waals surface area contributed by atoms with Crippen LogP contribution in [0.2, 0.25) is 0 Å². The minimum Gasteiger partial charge on any atom is -1.00 e. The van der Waals surface area contributed by atoms with Gasteiger partial charge >= 0.3 is 0 Å². The molecule has 2 aromatic rings. The van der Waals surface area contributed by atoms with Gasteiger partial charge in [-0.15, -0.1) is 0 Å². The van der Waals surface area contributed by atoms with Crippen molar-refractivity contribution in [1.82, 2.24) is 5.32 Å². The molecule has 0 unspecified atom stereocenters. The maximum atomic E-state index is 11.8. The Morgan fingerprint density at radius 2 is 1.86 bits per heavy atom. The Kier molecular flexibility index (Phi) is 7.43. The molecule has 112 valence electrons. The van der Waals surface area contributed by atoms with Crippen LogP contribution in [0.3, 0.4) is 0 Å². The van der Waals surface area contributed by atoms with E-state index in [4.69, 9.17) is 0 Å². The van der Waals surface area contributed by atoms with Gasteiger partial charge in [-0.2, -0.15) is 0 Å².